The Morgan fingerprint density at radius 3 is 2.89 bits per heavy atom. The topological polar surface area (TPSA) is 87.4 Å². The van der Waals surface area contributed by atoms with Crippen LogP contribution in [0.15, 0.2) is 10.7 Å². The van der Waals surface area contributed by atoms with E-state index in [0.29, 0.717) is 12.5 Å². The molecule has 0 bridgehead atoms. The lowest BCUT2D eigenvalue weighted by molar-refractivity contribution is -0.128. The SMILES string of the molecule is CC(=O)N1CCCN(c2nc(NN)ncc2Br)CC1. The molecule has 0 atom stereocenters. The van der Waals surface area contributed by atoms with Crippen LogP contribution < -0.4 is 16.2 Å². The van der Waals surface area contributed by atoms with Gasteiger partial charge in [0, 0.05) is 39.3 Å². The number of hydrazine groups is 1. The fraction of sp³-hybridized carbons (Fsp3) is 0.545. The van der Waals surface area contributed by atoms with Crippen LogP contribution in [0.4, 0.5) is 11.8 Å². The van der Waals surface area contributed by atoms with E-state index in [1.54, 1.807) is 13.1 Å². The first kappa shape index (κ1) is 14.0. The van der Waals surface area contributed by atoms with Crippen LogP contribution in [0.3, 0.4) is 0 Å². The Morgan fingerprint density at radius 1 is 1.42 bits per heavy atom. The van der Waals surface area contributed by atoms with E-state index in [2.05, 4.69) is 36.2 Å². The first-order valence-electron chi connectivity index (χ1n) is 6.11. The highest BCUT2D eigenvalue weighted by atomic mass is 79.9. The van der Waals surface area contributed by atoms with Gasteiger partial charge in [0.1, 0.15) is 5.82 Å². The average molecular weight is 329 g/mol. The van der Waals surface area contributed by atoms with Crippen LogP contribution in [0.2, 0.25) is 0 Å². The Kier molecular flexibility index (Phi) is 4.54. The van der Waals surface area contributed by atoms with E-state index in [-0.39, 0.29) is 5.91 Å². The molecule has 1 fully saturated rings. The summed E-state index contributed by atoms with van der Waals surface area (Å²) in [4.78, 5) is 23.8. The van der Waals surface area contributed by atoms with Gasteiger partial charge in [0.15, 0.2) is 0 Å². The molecule has 1 aliphatic heterocycles. The molecule has 0 aromatic carbocycles. The van der Waals surface area contributed by atoms with Crippen molar-refractivity contribution < 1.29 is 4.79 Å². The van der Waals surface area contributed by atoms with Crippen LogP contribution in [0, 0.1) is 0 Å². The number of nitrogens with zero attached hydrogens (tertiary/aromatic N) is 4. The van der Waals surface area contributed by atoms with Crippen molar-refractivity contribution in [1.29, 1.82) is 0 Å². The zero-order valence-corrected chi connectivity index (χ0v) is 12.4. The second-order valence-electron chi connectivity index (χ2n) is 4.36. The zero-order valence-electron chi connectivity index (χ0n) is 10.8. The molecule has 1 aliphatic rings. The number of nitrogens with two attached hydrogens (primary N) is 1. The van der Waals surface area contributed by atoms with Gasteiger partial charge >= 0.3 is 0 Å². The molecule has 1 amide bonds. The maximum absolute atomic E-state index is 11.4. The summed E-state index contributed by atoms with van der Waals surface area (Å²) in [5.74, 6) is 6.63. The Balaban J connectivity index is 2.15. The minimum atomic E-state index is 0.118. The van der Waals surface area contributed by atoms with Gasteiger partial charge < -0.3 is 9.80 Å². The quantitative estimate of drug-likeness (QED) is 0.610. The van der Waals surface area contributed by atoms with Gasteiger partial charge in [-0.3, -0.25) is 10.2 Å². The summed E-state index contributed by atoms with van der Waals surface area (Å²) in [7, 11) is 0. The second-order valence-corrected chi connectivity index (χ2v) is 5.21. The summed E-state index contributed by atoms with van der Waals surface area (Å²) >= 11 is 3.45. The first-order valence-corrected chi connectivity index (χ1v) is 6.90. The molecule has 0 unspecified atom stereocenters. The summed E-state index contributed by atoms with van der Waals surface area (Å²) in [5, 5.41) is 0. The van der Waals surface area contributed by atoms with E-state index in [1.807, 2.05) is 4.90 Å². The minimum Gasteiger partial charge on any atom is -0.354 e. The summed E-state index contributed by atoms with van der Waals surface area (Å²) in [6.07, 6.45) is 2.59. The highest BCUT2D eigenvalue weighted by Crippen LogP contribution is 2.25. The number of anilines is 2. The maximum Gasteiger partial charge on any atom is 0.239 e. The second kappa shape index (κ2) is 6.16. The largest absolute Gasteiger partial charge is 0.354 e. The van der Waals surface area contributed by atoms with Gasteiger partial charge in [-0.05, 0) is 22.4 Å². The molecule has 7 nitrogen and oxygen atoms in total. The Labute approximate surface area is 120 Å². The van der Waals surface area contributed by atoms with Crippen molar-refractivity contribution in [1.82, 2.24) is 14.9 Å². The number of nitrogens with one attached hydrogen (secondary N) is 1. The number of carbonyl (C=O) groups is 1. The van der Waals surface area contributed by atoms with Crippen molar-refractivity contribution in [2.45, 2.75) is 13.3 Å². The smallest absolute Gasteiger partial charge is 0.239 e. The predicted molar refractivity (Wildman–Crippen MR) is 76.6 cm³/mol. The van der Waals surface area contributed by atoms with E-state index in [1.165, 1.54) is 0 Å². The Morgan fingerprint density at radius 2 is 2.21 bits per heavy atom. The summed E-state index contributed by atoms with van der Waals surface area (Å²) in [6, 6.07) is 0. The standard InChI is InChI=1S/C11H17BrN6O/c1-8(19)17-3-2-4-18(6-5-17)10-9(12)7-14-11(15-10)16-13/h7H,2-6,13H2,1H3,(H,14,15,16). The lowest BCUT2D eigenvalue weighted by Crippen LogP contribution is -2.34. The molecule has 0 aliphatic carbocycles. The van der Waals surface area contributed by atoms with Crippen molar-refractivity contribution >= 4 is 33.6 Å². The van der Waals surface area contributed by atoms with Crippen LogP contribution in [-0.2, 0) is 4.79 Å². The molecule has 1 aromatic rings. The van der Waals surface area contributed by atoms with Gasteiger partial charge in [0.2, 0.25) is 11.9 Å². The number of aromatic nitrogens is 2. The van der Waals surface area contributed by atoms with E-state index < -0.39 is 0 Å². The predicted octanol–water partition coefficient (Wildman–Crippen LogP) is 0.583. The summed E-state index contributed by atoms with van der Waals surface area (Å²) in [6.45, 7) is 4.70. The lowest BCUT2D eigenvalue weighted by Gasteiger charge is -2.23. The van der Waals surface area contributed by atoms with Crippen LogP contribution in [-0.4, -0.2) is 47.0 Å². The number of carbonyl (C=O) groups excluding carboxylic acids is 1. The normalized spacial score (nSPS) is 16.2. The number of halogens is 1. The van der Waals surface area contributed by atoms with Gasteiger partial charge in [-0.15, -0.1) is 0 Å². The van der Waals surface area contributed by atoms with Crippen molar-refractivity contribution in [3.8, 4) is 0 Å². The third kappa shape index (κ3) is 3.32. The molecule has 19 heavy (non-hydrogen) atoms. The van der Waals surface area contributed by atoms with Crippen LogP contribution in [0.1, 0.15) is 13.3 Å². The van der Waals surface area contributed by atoms with E-state index in [9.17, 15) is 4.79 Å². The molecular formula is C11H17BrN6O. The van der Waals surface area contributed by atoms with Crippen LogP contribution >= 0.6 is 15.9 Å². The molecule has 0 radical (unpaired) electrons. The van der Waals surface area contributed by atoms with Crippen molar-refractivity contribution in [2.75, 3.05) is 36.5 Å². The fourth-order valence-corrected chi connectivity index (χ4v) is 2.54. The molecule has 1 saturated heterocycles. The fourth-order valence-electron chi connectivity index (χ4n) is 2.09. The molecule has 2 rings (SSSR count). The van der Waals surface area contributed by atoms with Gasteiger partial charge in [-0.1, -0.05) is 0 Å². The molecule has 0 saturated carbocycles. The summed E-state index contributed by atoms with van der Waals surface area (Å²) in [5.41, 5.74) is 2.44. The van der Waals surface area contributed by atoms with Crippen molar-refractivity contribution in [3.63, 3.8) is 0 Å². The average Bonchev–Trinajstić information content (AvgIpc) is 2.65. The van der Waals surface area contributed by atoms with Crippen molar-refractivity contribution in [3.05, 3.63) is 10.7 Å². The molecule has 104 valence electrons. The number of rotatable bonds is 2. The van der Waals surface area contributed by atoms with Gasteiger partial charge in [-0.25, -0.2) is 10.8 Å². The molecule has 0 spiro atoms. The van der Waals surface area contributed by atoms with Crippen LogP contribution in [0.25, 0.3) is 0 Å². The Hall–Kier alpha value is -1.41. The first-order chi connectivity index (χ1) is 9.11. The van der Waals surface area contributed by atoms with E-state index in [4.69, 9.17) is 5.84 Å². The van der Waals surface area contributed by atoms with E-state index >= 15 is 0 Å². The number of hydrogen-bond acceptors (Lipinski definition) is 6. The third-order valence-electron chi connectivity index (χ3n) is 3.10. The van der Waals surface area contributed by atoms with Gasteiger partial charge in [0.05, 0.1) is 4.47 Å². The number of hydrogen-bond donors (Lipinski definition) is 2. The zero-order chi connectivity index (χ0) is 13.8. The minimum absolute atomic E-state index is 0.118. The van der Waals surface area contributed by atoms with Crippen LogP contribution in [0.5, 0.6) is 0 Å². The highest BCUT2D eigenvalue weighted by Gasteiger charge is 2.19. The molecule has 3 N–H and O–H groups in total. The van der Waals surface area contributed by atoms with Gasteiger partial charge in [0.25, 0.3) is 0 Å². The molecular weight excluding hydrogens is 312 g/mol. The van der Waals surface area contributed by atoms with Crippen molar-refractivity contribution in [2.24, 2.45) is 5.84 Å². The lowest BCUT2D eigenvalue weighted by atomic mass is 10.3. The van der Waals surface area contributed by atoms with E-state index in [0.717, 1.165) is 36.3 Å². The molecule has 1 aromatic heterocycles. The monoisotopic (exact) mass is 328 g/mol. The third-order valence-corrected chi connectivity index (χ3v) is 3.65. The molecule has 8 heteroatoms. The highest BCUT2D eigenvalue weighted by molar-refractivity contribution is 9.10. The maximum atomic E-state index is 11.4. The number of amides is 1. The molecule has 2 heterocycles. The van der Waals surface area contributed by atoms with Gasteiger partial charge in [-0.2, -0.15) is 4.98 Å². The number of nitrogen functional groups attached to an aromatic ring is 1. The Bertz CT molecular complexity index is 468. The summed E-state index contributed by atoms with van der Waals surface area (Å²) < 4.78 is 0.822.